The van der Waals surface area contributed by atoms with Crippen molar-refractivity contribution >= 4 is 22.1 Å². The standard InChI is InChI=1S/C20H14N10/c1-11-9-30(10-25-11)20-17-14(2-3-23-20)26-19(27-17)16-13-6-12(7-24-18(13)29-28-16)15-8-21-4-5-22-15/h2-10H,1H3,(H,26,27)(H,24,28,29). The molecule has 0 bridgehead atoms. The van der Waals surface area contributed by atoms with Gasteiger partial charge in [0.15, 0.2) is 17.3 Å². The van der Waals surface area contributed by atoms with E-state index >= 15 is 0 Å². The number of hydrogen-bond donors (Lipinski definition) is 2. The molecule has 0 aliphatic rings. The van der Waals surface area contributed by atoms with Crippen LogP contribution in [0.1, 0.15) is 5.69 Å². The van der Waals surface area contributed by atoms with E-state index in [0.29, 0.717) is 23.0 Å². The Kier molecular flexibility index (Phi) is 3.45. The lowest BCUT2D eigenvalue weighted by molar-refractivity contribution is 1.00. The van der Waals surface area contributed by atoms with Crippen molar-refractivity contribution in [3.8, 4) is 28.6 Å². The van der Waals surface area contributed by atoms with Crippen molar-refractivity contribution in [3.63, 3.8) is 0 Å². The van der Waals surface area contributed by atoms with E-state index < -0.39 is 0 Å². The van der Waals surface area contributed by atoms with Crippen LogP contribution in [0.4, 0.5) is 0 Å². The van der Waals surface area contributed by atoms with E-state index in [1.807, 2.05) is 29.8 Å². The summed E-state index contributed by atoms with van der Waals surface area (Å²) in [5.41, 5.74) is 5.44. The maximum atomic E-state index is 4.79. The van der Waals surface area contributed by atoms with Gasteiger partial charge in [0.05, 0.1) is 28.5 Å². The minimum Gasteiger partial charge on any atom is -0.336 e. The molecule has 0 radical (unpaired) electrons. The Hall–Kier alpha value is -4.47. The summed E-state index contributed by atoms with van der Waals surface area (Å²) in [6, 6.07) is 3.87. The number of nitrogens with one attached hydrogen (secondary N) is 2. The molecule has 6 rings (SSSR count). The second kappa shape index (κ2) is 6.27. The zero-order valence-electron chi connectivity index (χ0n) is 15.8. The Bertz CT molecular complexity index is 1510. The summed E-state index contributed by atoms with van der Waals surface area (Å²) in [4.78, 5) is 29.9. The van der Waals surface area contributed by atoms with E-state index in [0.717, 1.165) is 33.4 Å². The number of imidazole rings is 2. The van der Waals surface area contributed by atoms with Gasteiger partial charge in [-0.1, -0.05) is 0 Å². The molecule has 6 aromatic heterocycles. The third kappa shape index (κ3) is 2.54. The first-order valence-electron chi connectivity index (χ1n) is 9.23. The number of nitrogens with zero attached hydrogens (tertiary/aromatic N) is 8. The summed E-state index contributed by atoms with van der Waals surface area (Å²) < 4.78 is 1.86. The Morgan fingerprint density at radius 2 is 1.97 bits per heavy atom. The predicted molar refractivity (Wildman–Crippen MR) is 110 cm³/mol. The van der Waals surface area contributed by atoms with E-state index in [1.165, 1.54) is 0 Å². The smallest absolute Gasteiger partial charge is 0.166 e. The van der Waals surface area contributed by atoms with Crippen molar-refractivity contribution in [2.24, 2.45) is 0 Å². The molecule has 0 aliphatic heterocycles. The van der Waals surface area contributed by atoms with E-state index in [-0.39, 0.29) is 0 Å². The van der Waals surface area contributed by atoms with Gasteiger partial charge < -0.3 is 4.98 Å². The number of rotatable bonds is 3. The van der Waals surface area contributed by atoms with Crippen molar-refractivity contribution < 1.29 is 0 Å². The largest absolute Gasteiger partial charge is 0.336 e. The number of fused-ring (bicyclic) bond motifs is 2. The van der Waals surface area contributed by atoms with Crippen LogP contribution in [-0.2, 0) is 0 Å². The monoisotopic (exact) mass is 394 g/mol. The maximum Gasteiger partial charge on any atom is 0.166 e. The zero-order chi connectivity index (χ0) is 20.1. The molecule has 6 heterocycles. The van der Waals surface area contributed by atoms with Gasteiger partial charge in [-0.3, -0.25) is 19.6 Å². The van der Waals surface area contributed by atoms with Crippen LogP contribution in [0, 0.1) is 6.92 Å². The SMILES string of the molecule is Cc1cn(-c2nccc3[nH]c(-c4n[nH]c5ncc(-c6cnccn6)cc45)nc23)cn1. The van der Waals surface area contributed by atoms with Gasteiger partial charge in [-0.2, -0.15) is 5.10 Å². The molecule has 0 atom stereocenters. The number of aromatic amines is 2. The fourth-order valence-electron chi connectivity index (χ4n) is 3.43. The first kappa shape index (κ1) is 16.5. The van der Waals surface area contributed by atoms with Gasteiger partial charge in [0.1, 0.15) is 17.5 Å². The minimum atomic E-state index is 0.625. The van der Waals surface area contributed by atoms with Crippen LogP contribution in [0.5, 0.6) is 0 Å². The van der Waals surface area contributed by atoms with Crippen LogP contribution in [0.2, 0.25) is 0 Å². The molecule has 10 nitrogen and oxygen atoms in total. The van der Waals surface area contributed by atoms with Crippen LogP contribution in [-0.4, -0.2) is 49.7 Å². The van der Waals surface area contributed by atoms with E-state index in [4.69, 9.17) is 4.98 Å². The molecule has 144 valence electrons. The molecule has 0 saturated carbocycles. The van der Waals surface area contributed by atoms with E-state index in [1.54, 1.807) is 37.3 Å². The highest BCUT2D eigenvalue weighted by Crippen LogP contribution is 2.29. The Labute approximate surface area is 169 Å². The lowest BCUT2D eigenvalue weighted by atomic mass is 10.1. The molecule has 0 saturated heterocycles. The van der Waals surface area contributed by atoms with Crippen molar-refractivity contribution in [2.45, 2.75) is 6.92 Å². The van der Waals surface area contributed by atoms with Gasteiger partial charge in [0.2, 0.25) is 0 Å². The molecule has 2 N–H and O–H groups in total. The number of H-pyrrole nitrogens is 2. The van der Waals surface area contributed by atoms with Gasteiger partial charge >= 0.3 is 0 Å². The highest BCUT2D eigenvalue weighted by molar-refractivity contribution is 5.94. The predicted octanol–water partition coefficient (Wildman–Crippen LogP) is 2.85. The van der Waals surface area contributed by atoms with Crippen LogP contribution in [0.3, 0.4) is 0 Å². The van der Waals surface area contributed by atoms with Gasteiger partial charge in [0.25, 0.3) is 0 Å². The lowest BCUT2D eigenvalue weighted by Crippen LogP contribution is -1.95. The zero-order valence-corrected chi connectivity index (χ0v) is 15.8. The quantitative estimate of drug-likeness (QED) is 0.472. The molecule has 0 spiro atoms. The minimum absolute atomic E-state index is 0.625. The molecule has 0 fully saturated rings. The topological polar surface area (TPSA) is 127 Å². The molecule has 10 heteroatoms. The Morgan fingerprint density at radius 3 is 2.80 bits per heavy atom. The molecular weight excluding hydrogens is 380 g/mol. The molecule has 0 unspecified atom stereocenters. The summed E-state index contributed by atoms with van der Waals surface area (Å²) in [7, 11) is 0. The fraction of sp³-hybridized carbons (Fsp3) is 0.0500. The summed E-state index contributed by atoms with van der Waals surface area (Å²) in [5, 5.41) is 8.25. The van der Waals surface area contributed by atoms with Gasteiger partial charge in [0, 0.05) is 36.5 Å². The molecule has 6 aromatic rings. The summed E-state index contributed by atoms with van der Waals surface area (Å²) in [5.74, 6) is 1.33. The number of aromatic nitrogens is 10. The second-order valence-corrected chi connectivity index (χ2v) is 6.82. The maximum absolute atomic E-state index is 4.79. The summed E-state index contributed by atoms with van der Waals surface area (Å²) in [6.45, 7) is 1.93. The van der Waals surface area contributed by atoms with Gasteiger partial charge in [-0.15, -0.1) is 0 Å². The molecule has 0 aliphatic carbocycles. The molecule has 0 aromatic carbocycles. The van der Waals surface area contributed by atoms with Crippen LogP contribution < -0.4 is 0 Å². The van der Waals surface area contributed by atoms with Crippen LogP contribution in [0.15, 0.2) is 55.6 Å². The van der Waals surface area contributed by atoms with Crippen LogP contribution >= 0.6 is 0 Å². The number of hydrogen-bond acceptors (Lipinski definition) is 7. The van der Waals surface area contributed by atoms with Crippen molar-refractivity contribution in [1.82, 2.24) is 49.7 Å². The molecule has 0 amide bonds. The molecule has 30 heavy (non-hydrogen) atoms. The first-order chi connectivity index (χ1) is 14.8. The lowest BCUT2D eigenvalue weighted by Gasteiger charge is -2.00. The summed E-state index contributed by atoms with van der Waals surface area (Å²) in [6.07, 6.45) is 12.1. The normalized spacial score (nSPS) is 11.5. The van der Waals surface area contributed by atoms with Crippen molar-refractivity contribution in [2.75, 3.05) is 0 Å². The third-order valence-corrected chi connectivity index (χ3v) is 4.84. The first-order valence-corrected chi connectivity index (χ1v) is 9.23. The fourth-order valence-corrected chi connectivity index (χ4v) is 3.43. The van der Waals surface area contributed by atoms with Crippen molar-refractivity contribution in [3.05, 3.63) is 61.3 Å². The average Bonchev–Trinajstić information content (AvgIpc) is 3.51. The van der Waals surface area contributed by atoms with E-state index in [2.05, 4.69) is 40.1 Å². The second-order valence-electron chi connectivity index (χ2n) is 6.82. The average molecular weight is 394 g/mol. The van der Waals surface area contributed by atoms with Crippen molar-refractivity contribution in [1.29, 1.82) is 0 Å². The van der Waals surface area contributed by atoms with Crippen LogP contribution in [0.25, 0.3) is 50.7 Å². The highest BCUT2D eigenvalue weighted by atomic mass is 15.2. The Morgan fingerprint density at radius 1 is 1.00 bits per heavy atom. The Balaban J connectivity index is 1.52. The van der Waals surface area contributed by atoms with E-state index in [9.17, 15) is 0 Å². The van der Waals surface area contributed by atoms with Gasteiger partial charge in [-0.05, 0) is 19.1 Å². The summed E-state index contributed by atoms with van der Waals surface area (Å²) >= 11 is 0. The number of pyridine rings is 2. The highest BCUT2D eigenvalue weighted by Gasteiger charge is 2.17. The third-order valence-electron chi connectivity index (χ3n) is 4.84. The van der Waals surface area contributed by atoms with Gasteiger partial charge in [-0.25, -0.2) is 19.9 Å². The molecular formula is C20H14N10. The number of aryl methyl sites for hydroxylation is 1.